The number of carboxylic acids is 1. The van der Waals surface area contributed by atoms with Gasteiger partial charge in [-0.2, -0.15) is 0 Å². The van der Waals surface area contributed by atoms with Crippen molar-refractivity contribution in [1.82, 2.24) is 9.55 Å². The average molecular weight is 546 g/mol. The van der Waals surface area contributed by atoms with Crippen LogP contribution in [0.4, 0.5) is 5.69 Å². The quantitative estimate of drug-likeness (QED) is 0.286. The Bertz CT molecular complexity index is 1600. The maximum Gasteiger partial charge on any atom is 0.335 e. The Labute approximate surface area is 228 Å². The standard InChI is InChI=1S/C29H24ClN3O6/c1-17(34)22-8-5-20(30)14-23(22)24-15-27(35)33(16-26(24)39-2)25(13-18-9-11-31-12-10-18)28(36)32-21-6-3-19(4-7-21)29(37)38/h3-12,14-16,25H,13H2,1-2H3,(H,32,36)(H,37,38). The molecule has 2 aromatic heterocycles. The van der Waals surface area contributed by atoms with Crippen molar-refractivity contribution in [2.45, 2.75) is 19.4 Å². The van der Waals surface area contributed by atoms with Gasteiger partial charge in [0.25, 0.3) is 5.56 Å². The highest BCUT2D eigenvalue weighted by molar-refractivity contribution is 6.31. The number of pyridine rings is 2. The first-order valence-corrected chi connectivity index (χ1v) is 12.2. The molecule has 1 unspecified atom stereocenters. The summed E-state index contributed by atoms with van der Waals surface area (Å²) in [6, 6.07) is 14.2. The number of carbonyl (C=O) groups excluding carboxylic acids is 2. The van der Waals surface area contributed by atoms with E-state index in [1.165, 1.54) is 55.1 Å². The van der Waals surface area contributed by atoms with E-state index in [4.69, 9.17) is 21.4 Å². The number of methoxy groups -OCH3 is 1. The molecule has 0 saturated carbocycles. The van der Waals surface area contributed by atoms with Crippen LogP contribution in [0.2, 0.25) is 5.02 Å². The van der Waals surface area contributed by atoms with Crippen molar-refractivity contribution in [1.29, 1.82) is 0 Å². The molecule has 0 aliphatic rings. The summed E-state index contributed by atoms with van der Waals surface area (Å²) in [7, 11) is 1.42. The smallest absolute Gasteiger partial charge is 0.335 e. The largest absolute Gasteiger partial charge is 0.495 e. The van der Waals surface area contributed by atoms with E-state index in [2.05, 4.69) is 10.3 Å². The molecule has 9 nitrogen and oxygen atoms in total. The lowest BCUT2D eigenvalue weighted by Crippen LogP contribution is -2.34. The zero-order chi connectivity index (χ0) is 28.1. The van der Waals surface area contributed by atoms with Crippen LogP contribution in [0, 0.1) is 0 Å². The monoisotopic (exact) mass is 545 g/mol. The number of hydrogen-bond donors (Lipinski definition) is 2. The van der Waals surface area contributed by atoms with Crippen molar-refractivity contribution < 1.29 is 24.2 Å². The summed E-state index contributed by atoms with van der Waals surface area (Å²) in [5, 5.41) is 12.3. The van der Waals surface area contributed by atoms with Gasteiger partial charge in [-0.1, -0.05) is 11.6 Å². The number of Topliss-reactive ketones (excluding diaryl/α,β-unsaturated/α-hetero) is 1. The van der Waals surface area contributed by atoms with Crippen molar-refractivity contribution in [3.8, 4) is 16.9 Å². The summed E-state index contributed by atoms with van der Waals surface area (Å²) in [5.41, 5.74) is 1.86. The highest BCUT2D eigenvalue weighted by Crippen LogP contribution is 2.34. The highest BCUT2D eigenvalue weighted by Gasteiger charge is 2.25. The molecular weight excluding hydrogens is 522 g/mol. The second kappa shape index (κ2) is 11.7. The highest BCUT2D eigenvalue weighted by atomic mass is 35.5. The molecule has 2 aromatic carbocycles. The molecule has 0 radical (unpaired) electrons. The molecular formula is C29H24ClN3O6. The Balaban J connectivity index is 1.79. The lowest BCUT2D eigenvalue weighted by molar-refractivity contribution is -0.119. The van der Waals surface area contributed by atoms with Crippen LogP contribution < -0.4 is 15.6 Å². The van der Waals surface area contributed by atoms with Gasteiger partial charge in [0.1, 0.15) is 11.8 Å². The van der Waals surface area contributed by atoms with Crippen LogP contribution in [0.1, 0.15) is 39.2 Å². The van der Waals surface area contributed by atoms with Gasteiger partial charge in [-0.05, 0) is 72.6 Å². The third-order valence-corrected chi connectivity index (χ3v) is 6.37. The first-order chi connectivity index (χ1) is 18.7. The number of carbonyl (C=O) groups is 3. The van der Waals surface area contributed by atoms with Gasteiger partial charge in [0.2, 0.25) is 5.91 Å². The number of rotatable bonds is 9. The van der Waals surface area contributed by atoms with Crippen molar-refractivity contribution >= 4 is 34.9 Å². The minimum Gasteiger partial charge on any atom is -0.495 e. The zero-order valence-electron chi connectivity index (χ0n) is 21.1. The van der Waals surface area contributed by atoms with E-state index < -0.39 is 23.5 Å². The molecule has 4 aromatic rings. The van der Waals surface area contributed by atoms with E-state index in [-0.39, 0.29) is 23.5 Å². The molecule has 10 heteroatoms. The summed E-state index contributed by atoms with van der Waals surface area (Å²) < 4.78 is 6.86. The molecule has 2 heterocycles. The normalized spacial score (nSPS) is 11.5. The minimum atomic E-state index is -1.09. The van der Waals surface area contributed by atoms with Gasteiger partial charge in [-0.3, -0.25) is 23.9 Å². The number of ketones is 1. The van der Waals surface area contributed by atoms with Crippen LogP contribution in [0.3, 0.4) is 0 Å². The fourth-order valence-electron chi connectivity index (χ4n) is 4.17. The van der Waals surface area contributed by atoms with E-state index in [0.29, 0.717) is 27.4 Å². The van der Waals surface area contributed by atoms with Crippen molar-refractivity contribution in [3.63, 3.8) is 0 Å². The van der Waals surface area contributed by atoms with Crippen LogP contribution in [-0.4, -0.2) is 39.4 Å². The first-order valence-electron chi connectivity index (χ1n) is 11.8. The maximum absolute atomic E-state index is 13.5. The molecule has 2 N–H and O–H groups in total. The SMILES string of the molecule is COc1cn(C(Cc2ccncc2)C(=O)Nc2ccc(C(=O)O)cc2)c(=O)cc1-c1cc(Cl)ccc1C(C)=O. The van der Waals surface area contributed by atoms with Crippen LogP contribution >= 0.6 is 11.6 Å². The molecule has 0 saturated heterocycles. The number of halogens is 1. The Morgan fingerprint density at radius 2 is 1.72 bits per heavy atom. The van der Waals surface area contributed by atoms with Crippen LogP contribution in [0.15, 0.2) is 84.0 Å². The number of anilines is 1. The van der Waals surface area contributed by atoms with Crippen molar-refractivity contribution in [3.05, 3.63) is 111 Å². The minimum absolute atomic E-state index is 0.0730. The van der Waals surface area contributed by atoms with Gasteiger partial charge in [0.15, 0.2) is 5.78 Å². The van der Waals surface area contributed by atoms with Crippen LogP contribution in [0.25, 0.3) is 11.1 Å². The Hall–Kier alpha value is -4.76. The molecule has 0 aliphatic heterocycles. The number of nitrogens with one attached hydrogen (secondary N) is 1. The Kier molecular flexibility index (Phi) is 8.21. The third kappa shape index (κ3) is 6.22. The topological polar surface area (TPSA) is 128 Å². The van der Waals surface area contributed by atoms with E-state index in [1.807, 2.05) is 0 Å². The van der Waals surface area contributed by atoms with Gasteiger partial charge >= 0.3 is 5.97 Å². The summed E-state index contributed by atoms with van der Waals surface area (Å²) in [4.78, 5) is 54.5. The van der Waals surface area contributed by atoms with Gasteiger partial charge in [0, 0.05) is 46.7 Å². The number of ether oxygens (including phenoxy) is 1. The van der Waals surface area contributed by atoms with Crippen molar-refractivity contribution in [2.75, 3.05) is 12.4 Å². The molecule has 4 rings (SSSR count). The molecule has 0 spiro atoms. The lowest BCUT2D eigenvalue weighted by Gasteiger charge is -2.22. The van der Waals surface area contributed by atoms with E-state index >= 15 is 0 Å². The number of aromatic nitrogens is 2. The fraction of sp³-hybridized carbons (Fsp3) is 0.138. The molecule has 39 heavy (non-hydrogen) atoms. The zero-order valence-corrected chi connectivity index (χ0v) is 21.8. The third-order valence-electron chi connectivity index (χ3n) is 6.13. The lowest BCUT2D eigenvalue weighted by atomic mass is 9.97. The molecule has 0 bridgehead atoms. The Morgan fingerprint density at radius 1 is 1.03 bits per heavy atom. The van der Waals surface area contributed by atoms with Gasteiger partial charge < -0.3 is 15.2 Å². The second-order valence-electron chi connectivity index (χ2n) is 8.69. The molecule has 198 valence electrons. The van der Waals surface area contributed by atoms with E-state index in [0.717, 1.165) is 5.56 Å². The Morgan fingerprint density at radius 3 is 2.33 bits per heavy atom. The fourth-order valence-corrected chi connectivity index (χ4v) is 4.34. The molecule has 0 aliphatic carbocycles. The number of amides is 1. The second-order valence-corrected chi connectivity index (χ2v) is 9.13. The van der Waals surface area contributed by atoms with Gasteiger partial charge in [0.05, 0.1) is 18.9 Å². The number of nitrogens with zero attached hydrogens (tertiary/aromatic N) is 2. The summed E-state index contributed by atoms with van der Waals surface area (Å²) in [6.45, 7) is 1.42. The van der Waals surface area contributed by atoms with Crippen LogP contribution in [-0.2, 0) is 11.2 Å². The summed E-state index contributed by atoms with van der Waals surface area (Å²) >= 11 is 6.20. The van der Waals surface area contributed by atoms with E-state index in [1.54, 1.807) is 42.7 Å². The van der Waals surface area contributed by atoms with Crippen LogP contribution in [0.5, 0.6) is 5.75 Å². The number of benzene rings is 2. The maximum atomic E-state index is 13.5. The molecule has 0 fully saturated rings. The average Bonchev–Trinajstić information content (AvgIpc) is 2.92. The number of hydrogen-bond acceptors (Lipinski definition) is 6. The number of aromatic carboxylic acids is 1. The van der Waals surface area contributed by atoms with Gasteiger partial charge in [-0.15, -0.1) is 0 Å². The molecule has 1 atom stereocenters. The first kappa shape index (κ1) is 27.3. The molecule has 1 amide bonds. The summed E-state index contributed by atoms with van der Waals surface area (Å²) in [5.74, 6) is -1.54. The predicted octanol–water partition coefficient (Wildman–Crippen LogP) is 4.90. The van der Waals surface area contributed by atoms with Gasteiger partial charge in [-0.25, -0.2) is 4.79 Å². The van der Waals surface area contributed by atoms with E-state index in [9.17, 15) is 19.2 Å². The number of carboxylic acid groups (broad SMARTS) is 1. The predicted molar refractivity (Wildman–Crippen MR) is 147 cm³/mol. The van der Waals surface area contributed by atoms with Crippen molar-refractivity contribution in [2.24, 2.45) is 0 Å². The summed E-state index contributed by atoms with van der Waals surface area (Å²) in [6.07, 6.45) is 4.76.